The van der Waals surface area contributed by atoms with Gasteiger partial charge in [-0.25, -0.2) is 0 Å². The molecule has 0 saturated carbocycles. The van der Waals surface area contributed by atoms with Crippen LogP contribution in [0.5, 0.6) is 0 Å². The lowest BCUT2D eigenvalue weighted by Gasteiger charge is -2.26. The largest absolute Gasteiger partial charge is 0.315 e. The fourth-order valence-corrected chi connectivity index (χ4v) is 1.22. The minimum Gasteiger partial charge on any atom is -0.315 e. The fraction of sp³-hybridized carbons (Fsp3) is 0.364. The number of hydrogen-bond acceptors (Lipinski definition) is 2. The van der Waals surface area contributed by atoms with E-state index in [2.05, 4.69) is 0 Å². The molecule has 0 unspecified atom stereocenters. The number of rotatable bonds is 3. The monoisotopic (exact) mass is 176 g/mol. The average Bonchev–Trinajstić information content (AvgIpc) is 2.17. The van der Waals surface area contributed by atoms with Gasteiger partial charge in [-0.2, -0.15) is 0 Å². The second-order valence-corrected chi connectivity index (χ2v) is 3.49. The highest BCUT2D eigenvalue weighted by Crippen LogP contribution is 2.23. The van der Waals surface area contributed by atoms with Crippen molar-refractivity contribution in [1.82, 2.24) is 0 Å². The van der Waals surface area contributed by atoms with Gasteiger partial charge in [0.2, 0.25) is 6.29 Å². The molecule has 0 aliphatic carbocycles. The van der Waals surface area contributed by atoms with E-state index >= 15 is 0 Å². The van der Waals surface area contributed by atoms with Gasteiger partial charge in [-0.3, -0.25) is 4.79 Å². The molecule has 0 amide bonds. The Kier molecular flexibility index (Phi) is 2.83. The maximum Gasteiger partial charge on any atom is 0.225 e. The number of nitrogens with two attached hydrogens (primary N) is 1. The third-order valence-electron chi connectivity index (χ3n) is 2.33. The topological polar surface area (TPSA) is 43.1 Å². The normalized spacial score (nSPS) is 15.4. The molecule has 2 heteroatoms. The summed E-state index contributed by atoms with van der Waals surface area (Å²) in [5.41, 5.74) is 5.79. The number of hydrogen-bond donors (Lipinski definition) is 1. The third kappa shape index (κ3) is 1.78. The number of benzene rings is 1. The zero-order valence-corrected chi connectivity index (χ0v) is 7.95. The van der Waals surface area contributed by atoms with E-state index in [1.165, 1.54) is 0 Å². The minimum atomic E-state index is -0.971. The molecule has 0 aliphatic heterocycles. The Bertz CT molecular complexity index is 281. The molecule has 2 N–H and O–H groups in total. The highest BCUT2D eigenvalue weighted by molar-refractivity contribution is 5.68. The Labute approximate surface area is 78.8 Å². The van der Waals surface area contributed by atoms with Crippen LogP contribution < -0.4 is 5.73 Å². The van der Waals surface area contributed by atoms with Crippen molar-refractivity contribution in [2.45, 2.75) is 19.4 Å². The van der Waals surface area contributed by atoms with E-state index in [-0.39, 0.29) is 5.92 Å². The summed E-state index contributed by atoms with van der Waals surface area (Å²) < 4.78 is 0. The Morgan fingerprint density at radius 1 is 1.31 bits per heavy atom. The first kappa shape index (κ1) is 9.93. The highest BCUT2D eigenvalue weighted by atomic mass is 16.1. The molecule has 13 heavy (non-hydrogen) atoms. The van der Waals surface area contributed by atoms with E-state index in [9.17, 15) is 4.79 Å². The van der Waals surface area contributed by atoms with Crippen LogP contribution in [0.2, 0.25) is 0 Å². The van der Waals surface area contributed by atoms with Crippen molar-refractivity contribution in [2.75, 3.05) is 0 Å². The van der Waals surface area contributed by atoms with Crippen LogP contribution in [-0.4, -0.2) is 6.29 Å². The predicted octanol–water partition coefficient (Wildman–Crippen LogP) is 1.61. The first-order valence-corrected chi connectivity index (χ1v) is 4.35. The molecule has 1 rings (SSSR count). The van der Waals surface area contributed by atoms with Crippen LogP contribution in [0, 0.1) is 5.92 Å². The Hall–Kier alpha value is -1.15. The lowest BCUT2D eigenvalue weighted by molar-refractivity contribution is 0.396. The van der Waals surface area contributed by atoms with Crippen molar-refractivity contribution >= 4 is 6.29 Å². The summed E-state index contributed by atoms with van der Waals surface area (Å²) in [4.78, 5) is 10.8. The zero-order valence-electron chi connectivity index (χ0n) is 7.95. The Morgan fingerprint density at radius 3 is 2.23 bits per heavy atom. The molecule has 0 bridgehead atoms. The lowest BCUT2D eigenvalue weighted by atomic mass is 9.82. The van der Waals surface area contributed by atoms with Crippen LogP contribution in [0.1, 0.15) is 19.4 Å². The second-order valence-electron chi connectivity index (χ2n) is 3.49. The zero-order chi connectivity index (χ0) is 9.90. The van der Waals surface area contributed by atoms with E-state index in [0.717, 1.165) is 5.56 Å². The van der Waals surface area contributed by atoms with Crippen molar-refractivity contribution in [2.24, 2.45) is 11.7 Å². The molecule has 1 radical (unpaired) electrons. The van der Waals surface area contributed by atoms with Gasteiger partial charge in [-0.1, -0.05) is 44.2 Å². The van der Waals surface area contributed by atoms with Crippen molar-refractivity contribution in [3.63, 3.8) is 0 Å². The first-order chi connectivity index (χ1) is 6.11. The van der Waals surface area contributed by atoms with Crippen LogP contribution >= 0.6 is 0 Å². The van der Waals surface area contributed by atoms with Gasteiger partial charge >= 0.3 is 0 Å². The molecular weight excluding hydrogens is 162 g/mol. The molecule has 2 nitrogen and oxygen atoms in total. The number of carbonyl (C=O) groups excluding carboxylic acids is 1. The smallest absolute Gasteiger partial charge is 0.225 e. The van der Waals surface area contributed by atoms with Gasteiger partial charge in [0.05, 0.1) is 0 Å². The summed E-state index contributed by atoms with van der Waals surface area (Å²) >= 11 is 0. The summed E-state index contributed by atoms with van der Waals surface area (Å²) in [5.74, 6) is 0.0485. The van der Waals surface area contributed by atoms with Crippen molar-refractivity contribution < 1.29 is 4.79 Å². The fourth-order valence-electron chi connectivity index (χ4n) is 1.22. The van der Waals surface area contributed by atoms with Crippen molar-refractivity contribution in [1.29, 1.82) is 0 Å². The van der Waals surface area contributed by atoms with Gasteiger partial charge in [0.25, 0.3) is 0 Å². The average molecular weight is 176 g/mol. The Morgan fingerprint density at radius 2 is 1.85 bits per heavy atom. The minimum absolute atomic E-state index is 0.0485. The molecule has 0 aliphatic rings. The standard InChI is InChI=1S/C11H14NO/c1-9(2)11(12,8-13)10-6-4-3-5-7-10/h3-7,9H,12H2,1-2H3/t11-/m0/s1. The van der Waals surface area contributed by atoms with Gasteiger partial charge in [0.1, 0.15) is 5.54 Å². The molecule has 0 spiro atoms. The van der Waals surface area contributed by atoms with E-state index < -0.39 is 5.54 Å². The maximum atomic E-state index is 10.8. The molecule has 0 aromatic heterocycles. The summed E-state index contributed by atoms with van der Waals surface area (Å²) in [5, 5.41) is 0. The Balaban J connectivity index is 3.10. The molecule has 1 aromatic carbocycles. The van der Waals surface area contributed by atoms with Gasteiger partial charge in [-0.05, 0) is 11.5 Å². The predicted molar refractivity (Wildman–Crippen MR) is 52.8 cm³/mol. The second kappa shape index (κ2) is 3.71. The van der Waals surface area contributed by atoms with Gasteiger partial charge < -0.3 is 5.73 Å². The molecule has 0 heterocycles. The molecule has 0 fully saturated rings. The molecule has 69 valence electrons. The third-order valence-corrected chi connectivity index (χ3v) is 2.33. The van der Waals surface area contributed by atoms with Crippen LogP contribution in [0.4, 0.5) is 0 Å². The van der Waals surface area contributed by atoms with E-state index in [1.54, 1.807) is 0 Å². The van der Waals surface area contributed by atoms with Crippen LogP contribution in [-0.2, 0) is 10.3 Å². The van der Waals surface area contributed by atoms with Gasteiger partial charge in [0.15, 0.2) is 0 Å². The maximum absolute atomic E-state index is 10.8. The van der Waals surface area contributed by atoms with Crippen LogP contribution in [0.3, 0.4) is 0 Å². The molecule has 1 atom stereocenters. The van der Waals surface area contributed by atoms with Gasteiger partial charge in [0, 0.05) is 0 Å². The summed E-state index contributed by atoms with van der Waals surface area (Å²) in [6, 6.07) is 9.35. The van der Waals surface area contributed by atoms with E-state index in [4.69, 9.17) is 5.73 Å². The van der Waals surface area contributed by atoms with Crippen molar-refractivity contribution in [3.05, 3.63) is 35.9 Å². The van der Waals surface area contributed by atoms with Crippen molar-refractivity contribution in [3.8, 4) is 0 Å². The summed E-state index contributed by atoms with van der Waals surface area (Å²) in [6.45, 7) is 3.83. The van der Waals surface area contributed by atoms with E-state index in [0.29, 0.717) is 0 Å². The lowest BCUT2D eigenvalue weighted by Crippen LogP contribution is -2.43. The SMILES string of the molecule is CC(C)[C@@](N)([C]=O)c1ccccc1. The summed E-state index contributed by atoms with van der Waals surface area (Å²) in [7, 11) is 0. The van der Waals surface area contributed by atoms with Gasteiger partial charge in [-0.15, -0.1) is 0 Å². The van der Waals surface area contributed by atoms with E-state index in [1.807, 2.05) is 50.5 Å². The molecule has 1 aromatic rings. The quantitative estimate of drug-likeness (QED) is 0.760. The van der Waals surface area contributed by atoms with Crippen LogP contribution in [0.15, 0.2) is 30.3 Å². The molecular formula is C11H14NO. The first-order valence-electron chi connectivity index (χ1n) is 4.35. The molecule has 0 saturated heterocycles. The summed E-state index contributed by atoms with van der Waals surface area (Å²) in [6.07, 6.45) is 1.92. The highest BCUT2D eigenvalue weighted by Gasteiger charge is 2.31. The van der Waals surface area contributed by atoms with Crippen LogP contribution in [0.25, 0.3) is 0 Å².